The van der Waals surface area contributed by atoms with E-state index in [9.17, 15) is 9.59 Å². The smallest absolute Gasteiger partial charge is 0.305 e. The molecule has 2 heterocycles. The predicted octanol–water partition coefficient (Wildman–Crippen LogP) is 3.98. The van der Waals surface area contributed by atoms with Crippen LogP contribution in [-0.2, 0) is 32.2 Å². The number of carbonyl (C=O) groups excluding carboxylic acids is 2. The number of nitrogens with zero attached hydrogens (tertiary/aromatic N) is 4. The van der Waals surface area contributed by atoms with Crippen LogP contribution in [0, 0.1) is 0 Å². The van der Waals surface area contributed by atoms with Crippen molar-refractivity contribution in [2.24, 2.45) is 0 Å². The normalized spacial score (nSPS) is 10.6. The van der Waals surface area contributed by atoms with Gasteiger partial charge in [0.05, 0.1) is 48.9 Å². The number of carbonyl (C=O) groups is 2. The molecule has 0 fully saturated rings. The summed E-state index contributed by atoms with van der Waals surface area (Å²) < 4.78 is 13.3. The number of benzene rings is 2. The van der Waals surface area contributed by atoms with Gasteiger partial charge in [0.25, 0.3) is 0 Å². The highest BCUT2D eigenvalue weighted by atomic mass is 16.5. The average molecular weight is 437 g/mol. The molecule has 8 nitrogen and oxygen atoms in total. The number of imidazole rings is 2. The Kier molecular flexibility index (Phi) is 8.36. The van der Waals surface area contributed by atoms with Crippen molar-refractivity contribution in [2.45, 2.75) is 38.8 Å². The molecule has 0 unspecified atom stereocenters. The van der Waals surface area contributed by atoms with E-state index in [1.165, 1.54) is 14.2 Å². The summed E-state index contributed by atoms with van der Waals surface area (Å²) in [6, 6.07) is 15.9. The molecule has 0 aliphatic carbocycles. The lowest BCUT2D eigenvalue weighted by Gasteiger charge is -2.03. The zero-order valence-corrected chi connectivity index (χ0v) is 18.4. The van der Waals surface area contributed by atoms with Crippen molar-refractivity contribution >= 4 is 34.0 Å². The van der Waals surface area contributed by atoms with E-state index >= 15 is 0 Å². The number of hydrogen-bond acceptors (Lipinski definition) is 6. The summed E-state index contributed by atoms with van der Waals surface area (Å²) in [5, 5.41) is 0. The van der Waals surface area contributed by atoms with Gasteiger partial charge in [-0.1, -0.05) is 24.3 Å². The third kappa shape index (κ3) is 6.16. The van der Waals surface area contributed by atoms with E-state index in [0.717, 1.165) is 48.0 Å². The summed E-state index contributed by atoms with van der Waals surface area (Å²) in [5.74, 6) is -0.325. The monoisotopic (exact) mass is 436 g/mol. The Balaban J connectivity index is 0.000000181. The van der Waals surface area contributed by atoms with Gasteiger partial charge in [0.15, 0.2) is 0 Å². The number of aryl methyl sites for hydroxylation is 2. The number of methoxy groups -OCH3 is 2. The van der Waals surface area contributed by atoms with Crippen LogP contribution >= 0.6 is 0 Å². The van der Waals surface area contributed by atoms with Crippen molar-refractivity contribution in [3.63, 3.8) is 0 Å². The Morgan fingerprint density at radius 1 is 0.719 bits per heavy atom. The maximum atomic E-state index is 11.0. The van der Waals surface area contributed by atoms with Crippen LogP contribution in [0.15, 0.2) is 61.2 Å². The first kappa shape index (κ1) is 23.0. The standard InChI is InChI=1S/2C12H14N2O2/c2*1-16-12(15)7-4-8-14-9-13-10-5-2-3-6-11(10)14/h2*2-3,5-6,9H,4,7-8H2,1H3. The van der Waals surface area contributed by atoms with E-state index in [0.29, 0.717) is 12.8 Å². The van der Waals surface area contributed by atoms with E-state index in [1.54, 1.807) is 0 Å². The van der Waals surface area contributed by atoms with Gasteiger partial charge in [0, 0.05) is 25.9 Å². The number of para-hydroxylation sites is 4. The fourth-order valence-electron chi connectivity index (χ4n) is 3.37. The maximum Gasteiger partial charge on any atom is 0.305 e. The van der Waals surface area contributed by atoms with E-state index in [2.05, 4.69) is 28.6 Å². The van der Waals surface area contributed by atoms with Crippen molar-refractivity contribution in [2.75, 3.05) is 14.2 Å². The minimum Gasteiger partial charge on any atom is -0.469 e. The van der Waals surface area contributed by atoms with Gasteiger partial charge >= 0.3 is 11.9 Å². The Morgan fingerprint density at radius 3 is 1.53 bits per heavy atom. The molecule has 168 valence electrons. The molecule has 0 bridgehead atoms. The average Bonchev–Trinajstić information content (AvgIpc) is 3.44. The quantitative estimate of drug-likeness (QED) is 0.388. The van der Waals surface area contributed by atoms with Crippen LogP contribution in [-0.4, -0.2) is 45.3 Å². The Morgan fingerprint density at radius 2 is 1.12 bits per heavy atom. The van der Waals surface area contributed by atoms with Gasteiger partial charge < -0.3 is 18.6 Å². The fraction of sp³-hybridized carbons (Fsp3) is 0.333. The number of fused-ring (bicyclic) bond motifs is 2. The zero-order chi connectivity index (χ0) is 22.8. The molecule has 0 aliphatic heterocycles. The molecule has 2 aromatic carbocycles. The van der Waals surface area contributed by atoms with Gasteiger partial charge in [-0.25, -0.2) is 9.97 Å². The number of ether oxygens (including phenoxy) is 2. The molecular weight excluding hydrogens is 408 g/mol. The molecule has 0 N–H and O–H groups in total. The summed E-state index contributed by atoms with van der Waals surface area (Å²) in [4.78, 5) is 30.5. The highest BCUT2D eigenvalue weighted by molar-refractivity contribution is 5.75. The maximum absolute atomic E-state index is 11.0. The predicted molar refractivity (Wildman–Crippen MR) is 122 cm³/mol. The molecule has 0 atom stereocenters. The molecule has 0 saturated carbocycles. The minimum absolute atomic E-state index is 0.163. The lowest BCUT2D eigenvalue weighted by atomic mass is 10.3. The van der Waals surface area contributed by atoms with Crippen molar-refractivity contribution in [3.05, 3.63) is 61.2 Å². The van der Waals surface area contributed by atoms with Crippen molar-refractivity contribution in [1.29, 1.82) is 0 Å². The molecule has 32 heavy (non-hydrogen) atoms. The van der Waals surface area contributed by atoms with E-state index < -0.39 is 0 Å². The van der Waals surface area contributed by atoms with Gasteiger partial charge in [-0.3, -0.25) is 9.59 Å². The van der Waals surface area contributed by atoms with E-state index in [-0.39, 0.29) is 11.9 Å². The van der Waals surface area contributed by atoms with Gasteiger partial charge in [-0.15, -0.1) is 0 Å². The van der Waals surface area contributed by atoms with Crippen molar-refractivity contribution in [1.82, 2.24) is 19.1 Å². The van der Waals surface area contributed by atoms with Crippen molar-refractivity contribution < 1.29 is 19.1 Å². The van der Waals surface area contributed by atoms with Crippen LogP contribution in [0.3, 0.4) is 0 Å². The third-order valence-corrected chi connectivity index (χ3v) is 5.07. The molecule has 4 rings (SSSR count). The van der Waals surface area contributed by atoms with Gasteiger partial charge in [0.2, 0.25) is 0 Å². The topological polar surface area (TPSA) is 88.2 Å². The molecule has 8 heteroatoms. The highest BCUT2D eigenvalue weighted by Gasteiger charge is 2.04. The summed E-state index contributed by atoms with van der Waals surface area (Å²) in [6.07, 6.45) is 6.05. The van der Waals surface area contributed by atoms with Crippen LogP contribution in [0.5, 0.6) is 0 Å². The van der Waals surface area contributed by atoms with Crippen LogP contribution in [0.4, 0.5) is 0 Å². The number of hydrogen-bond donors (Lipinski definition) is 0. The molecular formula is C24H28N4O4. The summed E-state index contributed by atoms with van der Waals surface area (Å²) in [5.41, 5.74) is 4.18. The van der Waals surface area contributed by atoms with Crippen LogP contribution < -0.4 is 0 Å². The minimum atomic E-state index is -0.163. The lowest BCUT2D eigenvalue weighted by Crippen LogP contribution is -2.03. The number of rotatable bonds is 8. The summed E-state index contributed by atoms with van der Waals surface area (Å²) >= 11 is 0. The Bertz CT molecular complexity index is 1070. The van der Waals surface area contributed by atoms with Crippen LogP contribution in [0.1, 0.15) is 25.7 Å². The molecule has 4 aromatic rings. The SMILES string of the molecule is COC(=O)CCCn1cnc2ccccc21.COC(=O)CCCn1cnc2ccccc21. The van der Waals surface area contributed by atoms with Gasteiger partial charge in [0.1, 0.15) is 0 Å². The zero-order valence-electron chi connectivity index (χ0n) is 18.4. The molecule has 0 spiro atoms. The molecule has 0 aliphatic rings. The highest BCUT2D eigenvalue weighted by Crippen LogP contribution is 2.13. The van der Waals surface area contributed by atoms with Gasteiger partial charge in [-0.05, 0) is 37.1 Å². The lowest BCUT2D eigenvalue weighted by molar-refractivity contribution is -0.141. The van der Waals surface area contributed by atoms with Crippen molar-refractivity contribution in [3.8, 4) is 0 Å². The largest absolute Gasteiger partial charge is 0.469 e. The van der Waals surface area contributed by atoms with E-state index in [4.69, 9.17) is 0 Å². The number of aromatic nitrogens is 4. The summed E-state index contributed by atoms with van der Waals surface area (Å²) in [7, 11) is 2.82. The fourth-order valence-corrected chi connectivity index (χ4v) is 3.37. The summed E-state index contributed by atoms with van der Waals surface area (Å²) in [6.45, 7) is 1.57. The second kappa shape index (κ2) is 11.6. The first-order valence-corrected chi connectivity index (χ1v) is 10.6. The third-order valence-electron chi connectivity index (χ3n) is 5.07. The van der Waals surface area contributed by atoms with Crippen LogP contribution in [0.2, 0.25) is 0 Å². The Hall–Kier alpha value is -3.68. The first-order valence-electron chi connectivity index (χ1n) is 10.6. The van der Waals surface area contributed by atoms with Crippen LogP contribution in [0.25, 0.3) is 22.1 Å². The molecule has 0 amide bonds. The van der Waals surface area contributed by atoms with Gasteiger partial charge in [-0.2, -0.15) is 0 Å². The second-order valence-corrected chi connectivity index (χ2v) is 7.21. The Labute approximate surface area is 186 Å². The molecule has 2 aromatic heterocycles. The molecule has 0 radical (unpaired) electrons. The first-order chi connectivity index (χ1) is 15.6. The van der Waals surface area contributed by atoms with E-state index in [1.807, 2.05) is 61.2 Å². The second-order valence-electron chi connectivity index (χ2n) is 7.21. The number of esters is 2. The molecule has 0 saturated heterocycles.